The SMILES string of the molecule is CC.CCC.COc1cccc(C2=NCC=C(N)c3cnccc32)c1O. The first kappa shape index (κ1) is 21.2. The van der Waals surface area contributed by atoms with E-state index >= 15 is 0 Å². The lowest BCUT2D eigenvalue weighted by Crippen LogP contribution is -2.09. The fraction of sp³-hybridized carbons (Fsp3) is 0.333. The van der Waals surface area contributed by atoms with Gasteiger partial charge in [-0.05, 0) is 24.3 Å². The molecule has 3 rings (SSSR count). The number of nitrogens with zero attached hydrogens (tertiary/aromatic N) is 2. The second-order valence-corrected chi connectivity index (χ2v) is 5.33. The predicted octanol–water partition coefficient (Wildman–Crippen LogP) is 4.39. The number of hydrogen-bond donors (Lipinski definition) is 2. The third-order valence-electron chi connectivity index (χ3n) is 3.42. The third-order valence-corrected chi connectivity index (χ3v) is 3.42. The van der Waals surface area contributed by atoms with E-state index in [1.54, 1.807) is 18.5 Å². The summed E-state index contributed by atoms with van der Waals surface area (Å²) in [5.74, 6) is 0.484. The second-order valence-electron chi connectivity index (χ2n) is 5.33. The topological polar surface area (TPSA) is 80.7 Å². The molecule has 1 aliphatic heterocycles. The maximum atomic E-state index is 10.4. The Hall–Kier alpha value is -2.82. The van der Waals surface area contributed by atoms with Gasteiger partial charge in [0.1, 0.15) is 0 Å². The number of phenolic OH excluding ortho intramolecular Hbond substituents is 1. The molecule has 0 saturated heterocycles. The Balaban J connectivity index is 0.000000615. The number of nitrogens with two attached hydrogens (primary N) is 1. The zero-order chi connectivity index (χ0) is 19.5. The Bertz CT molecular complexity index is 768. The van der Waals surface area contributed by atoms with Crippen LogP contribution in [0.4, 0.5) is 0 Å². The molecule has 0 bridgehead atoms. The van der Waals surface area contributed by atoms with Gasteiger partial charge in [0.05, 0.1) is 19.4 Å². The van der Waals surface area contributed by atoms with Crippen molar-refractivity contribution in [2.24, 2.45) is 10.7 Å². The highest BCUT2D eigenvalue weighted by atomic mass is 16.5. The maximum Gasteiger partial charge on any atom is 0.167 e. The van der Waals surface area contributed by atoms with E-state index in [1.165, 1.54) is 13.5 Å². The molecule has 1 aromatic heterocycles. The number of aliphatic imine (C=N–C) groups is 1. The Kier molecular flexibility index (Phi) is 8.92. The van der Waals surface area contributed by atoms with E-state index in [-0.39, 0.29) is 5.75 Å². The molecule has 3 N–H and O–H groups in total. The Morgan fingerprint density at radius 2 is 1.81 bits per heavy atom. The number of rotatable bonds is 2. The standard InChI is InChI=1S/C16H15N3O2.C3H8.C2H6/c1-21-14-4-2-3-11(16(14)20)15-10-5-7-18-9-12(10)13(17)6-8-19-15;1-3-2;1-2/h2-7,9,20H,8,17H2,1H3;3H2,1-2H3;1-2H3. The number of hydrogen-bond acceptors (Lipinski definition) is 5. The van der Waals surface area contributed by atoms with E-state index in [0.717, 1.165) is 11.1 Å². The number of ether oxygens (including phenoxy) is 1. The van der Waals surface area contributed by atoms with Crippen molar-refractivity contribution in [2.45, 2.75) is 34.1 Å². The number of methoxy groups -OCH3 is 1. The summed E-state index contributed by atoms with van der Waals surface area (Å²) < 4.78 is 5.16. The molecule has 140 valence electrons. The quantitative estimate of drug-likeness (QED) is 0.837. The monoisotopic (exact) mass is 355 g/mol. The summed E-state index contributed by atoms with van der Waals surface area (Å²) in [6, 6.07) is 7.18. The molecule has 1 aliphatic rings. The summed E-state index contributed by atoms with van der Waals surface area (Å²) in [6.45, 7) is 8.70. The fourth-order valence-electron chi connectivity index (χ4n) is 2.37. The Labute approximate surface area is 156 Å². The highest BCUT2D eigenvalue weighted by Crippen LogP contribution is 2.33. The van der Waals surface area contributed by atoms with Crippen molar-refractivity contribution < 1.29 is 9.84 Å². The number of benzene rings is 1. The van der Waals surface area contributed by atoms with Crippen LogP contribution in [-0.4, -0.2) is 29.5 Å². The van der Waals surface area contributed by atoms with Crippen molar-refractivity contribution >= 4 is 11.4 Å². The molecule has 0 atom stereocenters. The van der Waals surface area contributed by atoms with Crippen LogP contribution in [0.2, 0.25) is 0 Å². The molecule has 5 heteroatoms. The van der Waals surface area contributed by atoms with Crippen molar-refractivity contribution in [3.63, 3.8) is 0 Å². The van der Waals surface area contributed by atoms with Gasteiger partial charge in [-0.25, -0.2) is 0 Å². The van der Waals surface area contributed by atoms with Crippen molar-refractivity contribution in [3.05, 3.63) is 59.4 Å². The second kappa shape index (κ2) is 10.9. The first-order chi connectivity index (χ1) is 12.6. The number of phenols is 1. The van der Waals surface area contributed by atoms with Gasteiger partial charge in [-0.1, -0.05) is 40.2 Å². The van der Waals surface area contributed by atoms with Gasteiger partial charge in [0.15, 0.2) is 11.5 Å². The van der Waals surface area contributed by atoms with E-state index in [9.17, 15) is 5.11 Å². The molecule has 0 amide bonds. The van der Waals surface area contributed by atoms with Crippen LogP contribution in [0.1, 0.15) is 50.8 Å². The van der Waals surface area contributed by atoms with Crippen LogP contribution in [0, 0.1) is 0 Å². The van der Waals surface area contributed by atoms with E-state index < -0.39 is 0 Å². The van der Waals surface area contributed by atoms with Gasteiger partial charge in [0.2, 0.25) is 0 Å². The van der Waals surface area contributed by atoms with Crippen molar-refractivity contribution in [1.29, 1.82) is 0 Å². The molecule has 0 aliphatic carbocycles. The van der Waals surface area contributed by atoms with Crippen molar-refractivity contribution in [3.8, 4) is 11.5 Å². The number of aromatic nitrogens is 1. The lowest BCUT2D eigenvalue weighted by atomic mass is 9.97. The summed E-state index contributed by atoms with van der Waals surface area (Å²) in [6.07, 6.45) is 6.48. The molecule has 0 fully saturated rings. The Morgan fingerprint density at radius 3 is 2.46 bits per heavy atom. The van der Waals surface area contributed by atoms with E-state index in [4.69, 9.17) is 10.5 Å². The van der Waals surface area contributed by atoms with E-state index in [1.807, 2.05) is 38.1 Å². The first-order valence-electron chi connectivity index (χ1n) is 8.95. The van der Waals surface area contributed by atoms with Gasteiger partial charge >= 0.3 is 0 Å². The largest absolute Gasteiger partial charge is 0.504 e. The molecule has 2 aromatic rings. The van der Waals surface area contributed by atoms with Gasteiger partial charge in [-0.15, -0.1) is 0 Å². The average molecular weight is 355 g/mol. The molecular weight excluding hydrogens is 326 g/mol. The molecule has 5 nitrogen and oxygen atoms in total. The van der Waals surface area contributed by atoms with Crippen LogP contribution < -0.4 is 10.5 Å². The van der Waals surface area contributed by atoms with Gasteiger partial charge in [-0.2, -0.15) is 0 Å². The predicted molar refractivity (Wildman–Crippen MR) is 109 cm³/mol. The average Bonchev–Trinajstić information content (AvgIpc) is 2.84. The Morgan fingerprint density at radius 1 is 1.12 bits per heavy atom. The van der Waals surface area contributed by atoms with Gasteiger partial charge in [0.25, 0.3) is 0 Å². The summed E-state index contributed by atoms with van der Waals surface area (Å²) in [5.41, 5.74) is 9.64. The minimum atomic E-state index is 0.0713. The molecule has 1 aromatic carbocycles. The number of aromatic hydroxyl groups is 1. The number of pyridine rings is 1. The minimum absolute atomic E-state index is 0.0713. The third kappa shape index (κ3) is 4.85. The van der Waals surface area contributed by atoms with Crippen LogP contribution in [0.5, 0.6) is 11.5 Å². The zero-order valence-corrected chi connectivity index (χ0v) is 16.3. The van der Waals surface area contributed by atoms with Crippen LogP contribution in [0.25, 0.3) is 5.70 Å². The molecule has 0 spiro atoms. The van der Waals surface area contributed by atoms with Crippen LogP contribution in [0.3, 0.4) is 0 Å². The molecule has 0 unspecified atom stereocenters. The molecule has 26 heavy (non-hydrogen) atoms. The van der Waals surface area contributed by atoms with Crippen LogP contribution in [-0.2, 0) is 0 Å². The highest BCUT2D eigenvalue weighted by Gasteiger charge is 2.19. The van der Waals surface area contributed by atoms with E-state index in [0.29, 0.717) is 29.3 Å². The zero-order valence-electron chi connectivity index (χ0n) is 16.3. The van der Waals surface area contributed by atoms with Gasteiger partial charge < -0.3 is 15.6 Å². The lowest BCUT2D eigenvalue weighted by Gasteiger charge is -2.13. The van der Waals surface area contributed by atoms with Crippen LogP contribution in [0.15, 0.2) is 47.7 Å². The molecule has 2 heterocycles. The fourth-order valence-corrected chi connectivity index (χ4v) is 2.37. The van der Waals surface area contributed by atoms with Gasteiger partial charge in [-0.3, -0.25) is 9.98 Å². The minimum Gasteiger partial charge on any atom is -0.504 e. The normalized spacial score (nSPS) is 12.0. The van der Waals surface area contributed by atoms with E-state index in [2.05, 4.69) is 23.8 Å². The van der Waals surface area contributed by atoms with Crippen molar-refractivity contribution in [2.75, 3.05) is 13.7 Å². The number of fused-ring (bicyclic) bond motifs is 1. The van der Waals surface area contributed by atoms with Crippen LogP contribution >= 0.6 is 0 Å². The molecular formula is C21H29N3O2. The summed E-state index contributed by atoms with van der Waals surface area (Å²) in [7, 11) is 1.52. The first-order valence-corrected chi connectivity index (χ1v) is 8.95. The smallest absolute Gasteiger partial charge is 0.167 e. The summed E-state index contributed by atoms with van der Waals surface area (Å²) in [5, 5.41) is 10.4. The number of para-hydroxylation sites is 1. The lowest BCUT2D eigenvalue weighted by molar-refractivity contribution is 0.373. The summed E-state index contributed by atoms with van der Waals surface area (Å²) in [4.78, 5) is 8.65. The van der Waals surface area contributed by atoms with Crippen molar-refractivity contribution in [1.82, 2.24) is 4.98 Å². The summed E-state index contributed by atoms with van der Waals surface area (Å²) >= 11 is 0. The molecule has 0 radical (unpaired) electrons. The molecule has 0 saturated carbocycles. The maximum absolute atomic E-state index is 10.4. The highest BCUT2D eigenvalue weighted by molar-refractivity contribution is 6.17. The van der Waals surface area contributed by atoms with Gasteiger partial charge in [0, 0.05) is 34.8 Å².